The van der Waals surface area contributed by atoms with Crippen LogP contribution in [0.15, 0.2) is 65.8 Å². The van der Waals surface area contributed by atoms with E-state index in [9.17, 15) is 0 Å². The van der Waals surface area contributed by atoms with Crippen LogP contribution in [0.25, 0.3) is 0 Å². The molecule has 0 heterocycles. The Labute approximate surface area is 148 Å². The summed E-state index contributed by atoms with van der Waals surface area (Å²) in [6.45, 7) is 6.91. The molecule has 1 heteroatoms. The number of rotatable bonds is 4. The maximum Gasteiger partial charge on any atom is 0 e. The molecule has 1 aliphatic rings. The third-order valence-corrected chi connectivity index (χ3v) is 4.17. The van der Waals surface area contributed by atoms with Gasteiger partial charge in [0, 0.05) is 32.7 Å². The first-order valence-electron chi connectivity index (χ1n) is 7.09. The molecular formula is C19H23Y-. The SMILES string of the molecule is CCC(C)(CC(C)=C1C=CC=C[CH-]1)c1ccccc1.[Y]. The van der Waals surface area contributed by atoms with E-state index in [0.29, 0.717) is 0 Å². The van der Waals surface area contributed by atoms with Crippen molar-refractivity contribution < 1.29 is 32.7 Å². The van der Waals surface area contributed by atoms with E-state index in [1.807, 2.05) is 0 Å². The summed E-state index contributed by atoms with van der Waals surface area (Å²) in [6, 6.07) is 10.9. The smallest absolute Gasteiger partial charge is 0 e. The zero-order valence-corrected chi connectivity index (χ0v) is 15.6. The molecule has 0 saturated carbocycles. The van der Waals surface area contributed by atoms with Gasteiger partial charge in [-0.1, -0.05) is 57.5 Å². The average molecular weight is 340 g/mol. The number of benzene rings is 1. The minimum Gasteiger partial charge on any atom is -0.150 e. The van der Waals surface area contributed by atoms with E-state index in [4.69, 9.17) is 0 Å². The average Bonchev–Trinajstić information content (AvgIpc) is 2.49. The third-order valence-electron chi connectivity index (χ3n) is 4.17. The van der Waals surface area contributed by atoms with Crippen molar-refractivity contribution in [3.05, 3.63) is 77.8 Å². The molecule has 103 valence electrons. The molecule has 0 nitrogen and oxygen atoms in total. The van der Waals surface area contributed by atoms with E-state index in [-0.39, 0.29) is 38.1 Å². The van der Waals surface area contributed by atoms with Gasteiger partial charge in [-0.05, 0) is 17.4 Å². The Bertz CT molecular complexity index is 508. The Kier molecular flexibility index (Phi) is 6.99. The molecule has 0 aliphatic heterocycles. The minimum absolute atomic E-state index is 0. The van der Waals surface area contributed by atoms with Gasteiger partial charge in [0.05, 0.1) is 0 Å². The van der Waals surface area contributed by atoms with E-state index in [0.717, 1.165) is 12.8 Å². The van der Waals surface area contributed by atoms with Gasteiger partial charge >= 0.3 is 0 Å². The Morgan fingerprint density at radius 2 is 1.85 bits per heavy atom. The Hall–Kier alpha value is -0.586. The number of hydrogen-bond donors (Lipinski definition) is 0. The predicted molar refractivity (Wildman–Crippen MR) is 84.0 cm³/mol. The first kappa shape index (κ1) is 17.5. The van der Waals surface area contributed by atoms with Gasteiger partial charge in [-0.25, -0.2) is 0 Å². The van der Waals surface area contributed by atoms with Gasteiger partial charge in [0.2, 0.25) is 0 Å². The van der Waals surface area contributed by atoms with Crippen molar-refractivity contribution in [2.45, 2.75) is 39.0 Å². The van der Waals surface area contributed by atoms with Crippen LogP contribution >= 0.6 is 0 Å². The van der Waals surface area contributed by atoms with Crippen molar-refractivity contribution in [2.75, 3.05) is 0 Å². The summed E-state index contributed by atoms with van der Waals surface area (Å²) >= 11 is 0. The Balaban J connectivity index is 0.00000200. The van der Waals surface area contributed by atoms with Gasteiger partial charge in [-0.3, -0.25) is 0 Å². The summed E-state index contributed by atoms with van der Waals surface area (Å²) in [5.74, 6) is 0. The van der Waals surface area contributed by atoms with Crippen LogP contribution in [0.2, 0.25) is 0 Å². The second-order valence-corrected chi connectivity index (χ2v) is 5.60. The van der Waals surface area contributed by atoms with E-state index in [1.54, 1.807) is 0 Å². The summed E-state index contributed by atoms with van der Waals surface area (Å²) in [6.07, 6.45) is 13.0. The van der Waals surface area contributed by atoms with Crippen molar-refractivity contribution in [3.63, 3.8) is 0 Å². The van der Waals surface area contributed by atoms with Crippen molar-refractivity contribution in [1.82, 2.24) is 0 Å². The molecule has 0 aromatic heterocycles. The van der Waals surface area contributed by atoms with Crippen molar-refractivity contribution in [1.29, 1.82) is 0 Å². The molecule has 1 aromatic carbocycles. The summed E-state index contributed by atoms with van der Waals surface area (Å²) in [5.41, 5.74) is 4.49. The van der Waals surface area contributed by atoms with E-state index < -0.39 is 0 Å². The largest absolute Gasteiger partial charge is 0.150 e. The molecule has 1 atom stereocenters. The zero-order valence-electron chi connectivity index (χ0n) is 12.8. The van der Waals surface area contributed by atoms with E-state index in [1.165, 1.54) is 16.7 Å². The summed E-state index contributed by atoms with van der Waals surface area (Å²) in [7, 11) is 0. The molecule has 0 bridgehead atoms. The fourth-order valence-corrected chi connectivity index (χ4v) is 2.68. The van der Waals surface area contributed by atoms with E-state index >= 15 is 0 Å². The second-order valence-electron chi connectivity index (χ2n) is 5.60. The molecule has 1 aromatic rings. The van der Waals surface area contributed by atoms with Crippen LogP contribution in [-0.4, -0.2) is 0 Å². The second kappa shape index (κ2) is 8.00. The van der Waals surface area contributed by atoms with Crippen LogP contribution in [0.1, 0.15) is 39.2 Å². The van der Waals surface area contributed by atoms with Crippen LogP contribution in [0.3, 0.4) is 0 Å². The van der Waals surface area contributed by atoms with Crippen LogP contribution in [0.4, 0.5) is 0 Å². The van der Waals surface area contributed by atoms with E-state index in [2.05, 4.69) is 81.8 Å². The molecule has 1 aliphatic carbocycles. The monoisotopic (exact) mass is 340 g/mol. The van der Waals surface area contributed by atoms with Crippen molar-refractivity contribution >= 4 is 0 Å². The van der Waals surface area contributed by atoms with Crippen LogP contribution in [-0.2, 0) is 38.1 Å². The third kappa shape index (κ3) is 4.20. The molecule has 0 amide bonds. The summed E-state index contributed by atoms with van der Waals surface area (Å²) < 4.78 is 0. The van der Waals surface area contributed by atoms with Gasteiger partial charge in [0.1, 0.15) is 0 Å². The zero-order chi connectivity index (χ0) is 13.7. The first-order chi connectivity index (χ1) is 9.15. The van der Waals surface area contributed by atoms with Crippen LogP contribution in [0, 0.1) is 6.42 Å². The maximum atomic E-state index is 2.37. The molecule has 1 radical (unpaired) electrons. The maximum absolute atomic E-state index is 2.37. The van der Waals surface area contributed by atoms with Gasteiger partial charge in [0.25, 0.3) is 0 Å². The molecule has 0 spiro atoms. The normalized spacial score (nSPS) is 18.8. The predicted octanol–water partition coefficient (Wildman–Crippen LogP) is 5.39. The summed E-state index contributed by atoms with van der Waals surface area (Å²) in [4.78, 5) is 0. The number of allylic oxidation sites excluding steroid dienone is 6. The van der Waals surface area contributed by atoms with Crippen LogP contribution < -0.4 is 0 Å². The first-order valence-corrected chi connectivity index (χ1v) is 7.09. The van der Waals surface area contributed by atoms with Gasteiger partial charge in [-0.2, -0.15) is 0 Å². The fourth-order valence-electron chi connectivity index (χ4n) is 2.68. The fraction of sp³-hybridized carbons (Fsp3) is 0.316. The molecule has 0 N–H and O–H groups in total. The van der Waals surface area contributed by atoms with Crippen LogP contribution in [0.5, 0.6) is 0 Å². The van der Waals surface area contributed by atoms with Crippen molar-refractivity contribution in [3.8, 4) is 0 Å². The molecule has 0 saturated heterocycles. The molecule has 20 heavy (non-hydrogen) atoms. The Morgan fingerprint density at radius 1 is 1.15 bits per heavy atom. The van der Waals surface area contributed by atoms with Gasteiger partial charge < -0.3 is 0 Å². The standard InChI is InChI=1S/C19H23.Y/c1-4-19(3,18-13-9-6-10-14-18)15-16(2)17-11-7-5-8-12-17;/h5-14H,4,15H2,1-3H3;/q-1;. The molecule has 0 fully saturated rings. The Morgan fingerprint density at radius 3 is 2.40 bits per heavy atom. The minimum atomic E-state index is 0. The summed E-state index contributed by atoms with van der Waals surface area (Å²) in [5, 5.41) is 0. The molecular weight excluding hydrogens is 317 g/mol. The number of hydrogen-bond acceptors (Lipinski definition) is 0. The topological polar surface area (TPSA) is 0 Å². The van der Waals surface area contributed by atoms with Crippen molar-refractivity contribution in [2.24, 2.45) is 0 Å². The molecule has 1 unspecified atom stereocenters. The quantitative estimate of drug-likeness (QED) is 0.645. The van der Waals surface area contributed by atoms with Gasteiger partial charge in [-0.15, -0.1) is 41.9 Å². The molecule has 2 rings (SSSR count). The van der Waals surface area contributed by atoms with Gasteiger partial charge in [0.15, 0.2) is 0 Å².